The summed E-state index contributed by atoms with van der Waals surface area (Å²) in [6, 6.07) is 25.5. The first kappa shape index (κ1) is 21.8. The molecule has 0 radical (unpaired) electrons. The van der Waals surface area contributed by atoms with Crippen LogP contribution in [0.4, 0.5) is 0 Å². The van der Waals surface area contributed by atoms with E-state index in [0.717, 1.165) is 16.7 Å². The van der Waals surface area contributed by atoms with Gasteiger partial charge >= 0.3 is 0 Å². The number of hydrogen-bond acceptors (Lipinski definition) is 3. The molecule has 30 heavy (non-hydrogen) atoms. The van der Waals surface area contributed by atoms with E-state index in [1.54, 1.807) is 6.21 Å². The maximum Gasteiger partial charge on any atom is 0.128 e. The predicted molar refractivity (Wildman–Crippen MR) is 124 cm³/mol. The number of nitrogens with zero attached hydrogens (tertiary/aromatic N) is 1. The molecule has 3 nitrogen and oxygen atoms in total. The molecule has 3 rings (SSSR count). The number of aromatic hydroxyl groups is 1. The number of para-hydroxylation sites is 1. The highest BCUT2D eigenvalue weighted by molar-refractivity contribution is 5.84. The molecule has 2 atom stereocenters. The Balaban J connectivity index is 1.87. The van der Waals surface area contributed by atoms with Crippen LogP contribution in [0, 0.1) is 0 Å². The van der Waals surface area contributed by atoms with Crippen molar-refractivity contribution in [1.82, 2.24) is 0 Å². The van der Waals surface area contributed by atoms with Crippen LogP contribution < -0.4 is 0 Å². The van der Waals surface area contributed by atoms with Crippen molar-refractivity contribution < 1.29 is 10.2 Å². The molecule has 2 N–H and O–H groups in total. The topological polar surface area (TPSA) is 52.8 Å². The maximum absolute atomic E-state index is 11.0. The zero-order chi connectivity index (χ0) is 21.6. The summed E-state index contributed by atoms with van der Waals surface area (Å²) in [4.78, 5) is 4.73. The van der Waals surface area contributed by atoms with Gasteiger partial charge in [-0.1, -0.05) is 93.6 Å². The molecule has 3 heteroatoms. The van der Waals surface area contributed by atoms with E-state index in [1.165, 1.54) is 0 Å². The van der Waals surface area contributed by atoms with Gasteiger partial charge in [0.25, 0.3) is 0 Å². The second-order valence-corrected chi connectivity index (χ2v) is 8.79. The maximum atomic E-state index is 11.0. The van der Waals surface area contributed by atoms with E-state index in [1.807, 2.05) is 66.7 Å². The first-order valence-corrected chi connectivity index (χ1v) is 10.5. The molecule has 0 saturated heterocycles. The predicted octanol–water partition coefficient (Wildman–Crippen LogP) is 5.32. The highest BCUT2D eigenvalue weighted by Gasteiger charge is 2.21. The highest BCUT2D eigenvalue weighted by atomic mass is 16.3. The Hall–Kier alpha value is -2.91. The smallest absolute Gasteiger partial charge is 0.128 e. The average Bonchev–Trinajstić information content (AvgIpc) is 2.72. The van der Waals surface area contributed by atoms with E-state index < -0.39 is 6.10 Å². The largest absolute Gasteiger partial charge is 0.507 e. The Kier molecular flexibility index (Phi) is 7.07. The van der Waals surface area contributed by atoms with Crippen LogP contribution in [-0.2, 0) is 18.3 Å². The van der Waals surface area contributed by atoms with Crippen LogP contribution in [0.15, 0.2) is 83.9 Å². The summed E-state index contributed by atoms with van der Waals surface area (Å²) >= 11 is 0. The number of aliphatic imine (C=N–C) groups is 1. The number of aliphatic hydroxyl groups is 1. The molecule has 0 fully saturated rings. The van der Waals surface area contributed by atoms with Crippen LogP contribution in [0.1, 0.15) is 43.0 Å². The number of benzene rings is 3. The molecule has 0 spiro atoms. The van der Waals surface area contributed by atoms with E-state index in [-0.39, 0.29) is 17.2 Å². The van der Waals surface area contributed by atoms with Crippen LogP contribution >= 0.6 is 0 Å². The molecule has 0 aliphatic rings. The van der Waals surface area contributed by atoms with Crippen molar-refractivity contribution in [3.05, 3.63) is 101 Å². The van der Waals surface area contributed by atoms with Crippen LogP contribution in [0.25, 0.3) is 0 Å². The standard InChI is InChI=1S/C27H31NO2/c1-27(2,3)23-16-10-15-22(26(23)30)19-28-24(17-20-11-6-4-7-12-20)25(29)18-21-13-8-5-9-14-21/h4-16,19,24-25,29-30H,17-18H2,1-3H3/t24-,25-/m0/s1. The molecule has 0 aromatic heterocycles. The van der Waals surface area contributed by atoms with Gasteiger partial charge in [-0.25, -0.2) is 0 Å². The van der Waals surface area contributed by atoms with Gasteiger partial charge in [0.2, 0.25) is 0 Å². The Morgan fingerprint density at radius 1 is 0.800 bits per heavy atom. The van der Waals surface area contributed by atoms with Gasteiger partial charge in [0.05, 0.1) is 12.1 Å². The average molecular weight is 402 g/mol. The van der Waals surface area contributed by atoms with E-state index in [0.29, 0.717) is 18.4 Å². The molecule has 0 unspecified atom stereocenters. The SMILES string of the molecule is CC(C)(C)c1cccc(C=N[C@@H](Cc2ccccc2)[C@@H](O)Cc2ccccc2)c1O. The fraction of sp³-hybridized carbons (Fsp3) is 0.296. The fourth-order valence-electron chi connectivity index (χ4n) is 3.58. The van der Waals surface area contributed by atoms with E-state index in [4.69, 9.17) is 4.99 Å². The summed E-state index contributed by atoms with van der Waals surface area (Å²) in [6.45, 7) is 6.22. The van der Waals surface area contributed by atoms with Gasteiger partial charge in [0, 0.05) is 18.2 Å². The lowest BCUT2D eigenvalue weighted by Gasteiger charge is -2.22. The van der Waals surface area contributed by atoms with Gasteiger partial charge in [0.1, 0.15) is 5.75 Å². The molecule has 156 valence electrons. The third-order valence-electron chi connectivity index (χ3n) is 5.30. The van der Waals surface area contributed by atoms with Gasteiger partial charge in [-0.15, -0.1) is 0 Å². The van der Waals surface area contributed by atoms with Crippen molar-refractivity contribution >= 4 is 6.21 Å². The van der Waals surface area contributed by atoms with Crippen LogP contribution in [0.5, 0.6) is 5.75 Å². The van der Waals surface area contributed by atoms with E-state index >= 15 is 0 Å². The zero-order valence-electron chi connectivity index (χ0n) is 18.0. The number of aliphatic hydroxyl groups excluding tert-OH is 1. The monoisotopic (exact) mass is 401 g/mol. The Bertz CT molecular complexity index is 959. The van der Waals surface area contributed by atoms with E-state index in [9.17, 15) is 10.2 Å². The molecule has 3 aromatic carbocycles. The van der Waals surface area contributed by atoms with Gasteiger partial charge < -0.3 is 10.2 Å². The lowest BCUT2D eigenvalue weighted by molar-refractivity contribution is 0.145. The number of phenols is 1. The van der Waals surface area contributed by atoms with Crippen molar-refractivity contribution in [1.29, 1.82) is 0 Å². The fourth-order valence-corrected chi connectivity index (χ4v) is 3.58. The van der Waals surface area contributed by atoms with Crippen molar-refractivity contribution in [2.24, 2.45) is 4.99 Å². The second-order valence-electron chi connectivity index (χ2n) is 8.79. The molecule has 0 amide bonds. The summed E-state index contributed by atoms with van der Waals surface area (Å²) in [5.74, 6) is 0.254. The Morgan fingerprint density at radius 2 is 1.37 bits per heavy atom. The first-order chi connectivity index (χ1) is 14.3. The summed E-state index contributed by atoms with van der Waals surface area (Å²) in [5.41, 5.74) is 3.60. The molecular weight excluding hydrogens is 370 g/mol. The summed E-state index contributed by atoms with van der Waals surface area (Å²) in [7, 11) is 0. The number of rotatable bonds is 7. The lowest BCUT2D eigenvalue weighted by atomic mass is 9.85. The molecule has 0 saturated carbocycles. The van der Waals surface area contributed by atoms with Crippen molar-refractivity contribution in [3.8, 4) is 5.75 Å². The van der Waals surface area contributed by atoms with Crippen LogP contribution in [0.3, 0.4) is 0 Å². The molecule has 0 bridgehead atoms. The molecule has 0 aliphatic heterocycles. The van der Waals surface area contributed by atoms with Gasteiger partial charge in [-0.2, -0.15) is 0 Å². The van der Waals surface area contributed by atoms with Crippen molar-refractivity contribution in [3.63, 3.8) is 0 Å². The minimum Gasteiger partial charge on any atom is -0.507 e. The summed E-state index contributed by atoms with van der Waals surface area (Å²) in [6.07, 6.45) is 2.23. The van der Waals surface area contributed by atoms with Crippen molar-refractivity contribution in [2.75, 3.05) is 0 Å². The third kappa shape index (κ3) is 5.80. The quantitative estimate of drug-likeness (QED) is 0.526. The molecule has 0 heterocycles. The summed E-state index contributed by atoms with van der Waals surface area (Å²) in [5, 5.41) is 21.7. The summed E-state index contributed by atoms with van der Waals surface area (Å²) < 4.78 is 0. The van der Waals surface area contributed by atoms with Gasteiger partial charge in [-0.05, 0) is 34.6 Å². The van der Waals surface area contributed by atoms with Crippen molar-refractivity contribution in [2.45, 2.75) is 51.2 Å². The molecular formula is C27H31NO2. The van der Waals surface area contributed by atoms with Gasteiger partial charge in [-0.3, -0.25) is 4.99 Å². The second kappa shape index (κ2) is 9.73. The minimum atomic E-state index is -0.628. The Morgan fingerprint density at radius 3 is 1.93 bits per heavy atom. The normalized spacial score (nSPS) is 14.0. The van der Waals surface area contributed by atoms with Crippen LogP contribution in [0.2, 0.25) is 0 Å². The molecule has 3 aromatic rings. The number of hydrogen-bond donors (Lipinski definition) is 2. The van der Waals surface area contributed by atoms with Gasteiger partial charge in [0.15, 0.2) is 0 Å². The highest BCUT2D eigenvalue weighted by Crippen LogP contribution is 2.32. The minimum absolute atomic E-state index is 0.163. The lowest BCUT2D eigenvalue weighted by Crippen LogP contribution is -2.29. The van der Waals surface area contributed by atoms with Crippen LogP contribution in [-0.4, -0.2) is 28.6 Å². The van der Waals surface area contributed by atoms with E-state index in [2.05, 4.69) is 32.9 Å². The number of phenolic OH excluding ortho intramolecular Hbond substituents is 1. The first-order valence-electron chi connectivity index (χ1n) is 10.5. The zero-order valence-corrected chi connectivity index (χ0v) is 18.0. The molecule has 0 aliphatic carbocycles. The third-order valence-corrected chi connectivity index (χ3v) is 5.30. The Labute approximate surface area is 179 Å².